The molecule has 0 aliphatic heterocycles. The minimum atomic E-state index is 0.348. The largest absolute Gasteiger partial charge is 0.494 e. The fraction of sp³-hybridized carbons (Fsp3) is 0.214. The Labute approximate surface area is 112 Å². The Hall–Kier alpha value is -2.43. The third-order valence-corrected chi connectivity index (χ3v) is 2.42. The van der Waals surface area contributed by atoms with Crippen molar-refractivity contribution in [3.63, 3.8) is 0 Å². The number of aliphatic imine (C=N–C) groups is 1. The molecular formula is C14H17N3O2. The molecule has 0 saturated carbocycles. The van der Waals surface area contributed by atoms with Crippen LogP contribution >= 0.6 is 0 Å². The number of nitrogens with two attached hydrogens (primary N) is 1. The van der Waals surface area contributed by atoms with E-state index in [1.165, 1.54) is 0 Å². The first-order chi connectivity index (χ1) is 9.28. The molecule has 19 heavy (non-hydrogen) atoms. The standard InChI is InChI=1S/C14H17N3O2/c1-2-18-12-7-5-11(6-8-12)17-14(15)16-10-13-4-3-9-19-13/h3-9H,2,10H2,1H3,(H3,15,16,17). The first kappa shape index (κ1) is 13.0. The molecule has 2 aromatic rings. The number of furan rings is 1. The first-order valence-electron chi connectivity index (χ1n) is 6.10. The Morgan fingerprint density at radius 3 is 2.74 bits per heavy atom. The second-order valence-corrected chi connectivity index (χ2v) is 3.86. The van der Waals surface area contributed by atoms with Gasteiger partial charge in [0.1, 0.15) is 18.1 Å². The number of rotatable bonds is 5. The average Bonchev–Trinajstić information content (AvgIpc) is 2.92. The Kier molecular flexibility index (Phi) is 4.44. The maximum absolute atomic E-state index is 5.79. The Bertz CT molecular complexity index is 518. The monoisotopic (exact) mass is 259 g/mol. The summed E-state index contributed by atoms with van der Waals surface area (Å²) in [6.45, 7) is 3.02. The molecule has 0 unspecified atom stereocenters. The molecule has 3 N–H and O–H groups in total. The quantitative estimate of drug-likeness (QED) is 0.639. The Morgan fingerprint density at radius 1 is 1.32 bits per heavy atom. The van der Waals surface area contributed by atoms with Gasteiger partial charge in [-0.05, 0) is 43.3 Å². The van der Waals surface area contributed by atoms with Crippen molar-refractivity contribution >= 4 is 11.6 Å². The lowest BCUT2D eigenvalue weighted by atomic mass is 10.3. The van der Waals surface area contributed by atoms with Crippen molar-refractivity contribution in [2.45, 2.75) is 13.5 Å². The molecule has 0 atom stereocenters. The van der Waals surface area contributed by atoms with Gasteiger partial charge in [-0.2, -0.15) is 0 Å². The number of ether oxygens (including phenoxy) is 1. The molecule has 1 heterocycles. The molecule has 1 aromatic heterocycles. The number of hydrogen-bond acceptors (Lipinski definition) is 3. The summed E-state index contributed by atoms with van der Waals surface area (Å²) >= 11 is 0. The summed E-state index contributed by atoms with van der Waals surface area (Å²) in [7, 11) is 0. The fourth-order valence-electron chi connectivity index (χ4n) is 1.55. The number of anilines is 1. The van der Waals surface area contributed by atoms with Gasteiger partial charge in [-0.1, -0.05) is 0 Å². The fourth-order valence-corrected chi connectivity index (χ4v) is 1.55. The molecule has 0 saturated heterocycles. The molecule has 0 spiro atoms. The van der Waals surface area contributed by atoms with Crippen molar-refractivity contribution < 1.29 is 9.15 Å². The minimum Gasteiger partial charge on any atom is -0.494 e. The van der Waals surface area contributed by atoms with Crippen molar-refractivity contribution in [2.24, 2.45) is 10.7 Å². The van der Waals surface area contributed by atoms with E-state index in [0.29, 0.717) is 19.1 Å². The molecule has 0 bridgehead atoms. The van der Waals surface area contributed by atoms with Gasteiger partial charge in [-0.25, -0.2) is 4.99 Å². The van der Waals surface area contributed by atoms with Crippen molar-refractivity contribution in [3.05, 3.63) is 48.4 Å². The first-order valence-corrected chi connectivity index (χ1v) is 6.10. The van der Waals surface area contributed by atoms with Crippen molar-refractivity contribution in [2.75, 3.05) is 11.9 Å². The van der Waals surface area contributed by atoms with Gasteiger partial charge in [0.15, 0.2) is 5.96 Å². The summed E-state index contributed by atoms with van der Waals surface area (Å²) in [6.07, 6.45) is 1.61. The van der Waals surface area contributed by atoms with Crippen LogP contribution in [0.25, 0.3) is 0 Å². The van der Waals surface area contributed by atoms with Crippen molar-refractivity contribution in [1.29, 1.82) is 0 Å². The zero-order chi connectivity index (χ0) is 13.5. The third-order valence-electron chi connectivity index (χ3n) is 2.42. The molecular weight excluding hydrogens is 242 g/mol. The van der Waals surface area contributed by atoms with E-state index in [0.717, 1.165) is 17.2 Å². The summed E-state index contributed by atoms with van der Waals surface area (Å²) in [5.41, 5.74) is 6.65. The van der Waals surface area contributed by atoms with Crippen LogP contribution in [0.2, 0.25) is 0 Å². The van der Waals surface area contributed by atoms with Crippen LogP contribution in [-0.2, 0) is 6.54 Å². The van der Waals surface area contributed by atoms with E-state index in [1.807, 2.05) is 43.3 Å². The molecule has 2 rings (SSSR count). The molecule has 0 amide bonds. The van der Waals surface area contributed by atoms with Crippen molar-refractivity contribution in [3.8, 4) is 5.75 Å². The van der Waals surface area contributed by atoms with Crippen LogP contribution in [0.1, 0.15) is 12.7 Å². The maximum Gasteiger partial charge on any atom is 0.193 e. The van der Waals surface area contributed by atoms with E-state index in [2.05, 4.69) is 10.3 Å². The Balaban J connectivity index is 1.90. The summed E-state index contributed by atoms with van der Waals surface area (Å²) in [5.74, 6) is 1.95. The number of nitrogens with zero attached hydrogens (tertiary/aromatic N) is 1. The molecule has 0 aliphatic carbocycles. The molecule has 0 fully saturated rings. The van der Waals surface area contributed by atoms with E-state index in [9.17, 15) is 0 Å². The molecule has 1 aromatic carbocycles. The van der Waals surface area contributed by atoms with Gasteiger partial charge in [0, 0.05) is 5.69 Å². The van der Waals surface area contributed by atoms with E-state index >= 15 is 0 Å². The summed E-state index contributed by atoms with van der Waals surface area (Å²) in [6, 6.07) is 11.2. The minimum absolute atomic E-state index is 0.348. The van der Waals surface area contributed by atoms with E-state index in [4.69, 9.17) is 14.9 Å². The molecule has 0 aliphatic rings. The average molecular weight is 259 g/mol. The lowest BCUT2D eigenvalue weighted by Gasteiger charge is -2.07. The summed E-state index contributed by atoms with van der Waals surface area (Å²) in [5, 5.41) is 3.00. The predicted molar refractivity (Wildman–Crippen MR) is 75.3 cm³/mol. The van der Waals surface area contributed by atoms with Crippen LogP contribution in [-0.4, -0.2) is 12.6 Å². The summed E-state index contributed by atoms with van der Waals surface area (Å²) in [4.78, 5) is 4.18. The van der Waals surface area contributed by atoms with Crippen LogP contribution < -0.4 is 15.8 Å². The maximum atomic E-state index is 5.79. The number of guanidine groups is 1. The lowest BCUT2D eigenvalue weighted by Crippen LogP contribution is -2.22. The smallest absolute Gasteiger partial charge is 0.193 e. The van der Waals surface area contributed by atoms with Gasteiger partial charge in [0.05, 0.1) is 12.9 Å². The van der Waals surface area contributed by atoms with Gasteiger partial charge in [0.2, 0.25) is 0 Å². The SMILES string of the molecule is CCOc1ccc(NC(N)=NCc2ccco2)cc1. The van der Waals surface area contributed by atoms with Crippen LogP contribution in [0.15, 0.2) is 52.1 Å². The number of benzene rings is 1. The van der Waals surface area contributed by atoms with Crippen LogP contribution in [0.4, 0.5) is 5.69 Å². The molecule has 0 radical (unpaired) electrons. The van der Waals surface area contributed by atoms with Gasteiger partial charge in [-0.3, -0.25) is 0 Å². The molecule has 5 nitrogen and oxygen atoms in total. The molecule has 100 valence electrons. The lowest BCUT2D eigenvalue weighted by molar-refractivity contribution is 0.340. The summed E-state index contributed by atoms with van der Waals surface area (Å²) < 4.78 is 10.5. The van der Waals surface area contributed by atoms with Gasteiger partial charge < -0.3 is 20.2 Å². The highest BCUT2D eigenvalue weighted by atomic mass is 16.5. The number of hydrogen-bond donors (Lipinski definition) is 2. The molecule has 5 heteroatoms. The zero-order valence-corrected chi connectivity index (χ0v) is 10.8. The normalized spacial score (nSPS) is 11.3. The highest BCUT2D eigenvalue weighted by molar-refractivity contribution is 5.92. The van der Waals surface area contributed by atoms with E-state index in [1.54, 1.807) is 6.26 Å². The predicted octanol–water partition coefficient (Wildman–Crippen LogP) is 2.61. The zero-order valence-electron chi connectivity index (χ0n) is 10.8. The van der Waals surface area contributed by atoms with E-state index < -0.39 is 0 Å². The van der Waals surface area contributed by atoms with Crippen LogP contribution in [0.5, 0.6) is 5.75 Å². The Morgan fingerprint density at radius 2 is 2.11 bits per heavy atom. The number of nitrogens with one attached hydrogen (secondary N) is 1. The van der Waals surface area contributed by atoms with Crippen molar-refractivity contribution in [1.82, 2.24) is 0 Å². The highest BCUT2D eigenvalue weighted by Gasteiger charge is 1.98. The van der Waals surface area contributed by atoms with Gasteiger partial charge in [-0.15, -0.1) is 0 Å². The van der Waals surface area contributed by atoms with Crippen LogP contribution in [0.3, 0.4) is 0 Å². The third kappa shape index (κ3) is 4.06. The highest BCUT2D eigenvalue weighted by Crippen LogP contribution is 2.15. The van der Waals surface area contributed by atoms with E-state index in [-0.39, 0.29) is 0 Å². The topological polar surface area (TPSA) is 72.8 Å². The van der Waals surface area contributed by atoms with Gasteiger partial charge in [0.25, 0.3) is 0 Å². The van der Waals surface area contributed by atoms with Gasteiger partial charge >= 0.3 is 0 Å². The van der Waals surface area contributed by atoms with Crippen LogP contribution in [0, 0.1) is 0 Å². The second kappa shape index (κ2) is 6.49. The second-order valence-electron chi connectivity index (χ2n) is 3.86.